The van der Waals surface area contributed by atoms with Crippen LogP contribution in [0.15, 0.2) is 48.9 Å². The van der Waals surface area contributed by atoms with Crippen LogP contribution in [-0.4, -0.2) is 79.3 Å². The Morgan fingerprint density at radius 1 is 1.05 bits per heavy atom. The van der Waals surface area contributed by atoms with Crippen molar-refractivity contribution < 1.29 is 14.4 Å². The molecule has 1 atom stereocenters. The summed E-state index contributed by atoms with van der Waals surface area (Å²) in [7, 11) is 2.02. The zero-order valence-electron chi connectivity index (χ0n) is 22.3. The monoisotopic (exact) mass is 538 g/mol. The van der Waals surface area contributed by atoms with Crippen LogP contribution in [0.2, 0.25) is 0 Å². The number of carbonyl (C=O) groups excluding carboxylic acids is 3. The second-order valence-corrected chi connectivity index (χ2v) is 10.8. The normalized spacial score (nSPS) is 19.9. The van der Waals surface area contributed by atoms with E-state index in [-0.39, 0.29) is 18.2 Å². The summed E-state index contributed by atoms with van der Waals surface area (Å²) in [6, 6.07) is 9.36. The average Bonchev–Trinajstić information content (AvgIpc) is 3.68. The van der Waals surface area contributed by atoms with E-state index in [4.69, 9.17) is 4.98 Å². The van der Waals surface area contributed by atoms with Crippen LogP contribution < -0.4 is 10.2 Å². The first-order valence-electron chi connectivity index (χ1n) is 13.6. The van der Waals surface area contributed by atoms with Crippen molar-refractivity contribution in [2.45, 2.75) is 32.0 Å². The van der Waals surface area contributed by atoms with Crippen molar-refractivity contribution in [2.75, 3.05) is 31.1 Å². The molecular weight excluding hydrogens is 508 g/mol. The maximum atomic E-state index is 13.1. The van der Waals surface area contributed by atoms with Gasteiger partial charge in [-0.25, -0.2) is 9.97 Å². The lowest BCUT2D eigenvalue weighted by Gasteiger charge is -2.35. The molecule has 0 saturated carbocycles. The third-order valence-electron chi connectivity index (χ3n) is 8.28. The lowest BCUT2D eigenvalue weighted by atomic mass is 10.0. The van der Waals surface area contributed by atoms with E-state index < -0.39 is 11.9 Å². The fourth-order valence-electron chi connectivity index (χ4n) is 6.13. The SMILES string of the molecule is Cn1ccnc1N1CCN(Cc2cc(-c3ccc4c(c3)CN(C3CCC(=O)NC3=O)C4=O)nc3[nH]ccc23)CC1. The van der Waals surface area contributed by atoms with E-state index in [1.165, 1.54) is 5.56 Å². The minimum atomic E-state index is -0.626. The summed E-state index contributed by atoms with van der Waals surface area (Å²) in [6.45, 7) is 4.86. The van der Waals surface area contributed by atoms with Crippen molar-refractivity contribution >= 4 is 34.7 Å². The number of imidazole rings is 1. The highest BCUT2D eigenvalue weighted by Gasteiger charge is 2.39. The maximum absolute atomic E-state index is 13.1. The Hall–Kier alpha value is -4.51. The van der Waals surface area contributed by atoms with E-state index >= 15 is 0 Å². The van der Waals surface area contributed by atoms with Gasteiger partial charge in [-0.05, 0) is 41.8 Å². The van der Waals surface area contributed by atoms with Crippen LogP contribution in [0.5, 0.6) is 0 Å². The van der Waals surface area contributed by atoms with Gasteiger partial charge in [0.25, 0.3) is 5.91 Å². The predicted molar refractivity (Wildman–Crippen MR) is 148 cm³/mol. The van der Waals surface area contributed by atoms with E-state index in [1.807, 2.05) is 43.8 Å². The third-order valence-corrected chi connectivity index (χ3v) is 8.28. The number of benzene rings is 1. The van der Waals surface area contributed by atoms with E-state index in [1.54, 1.807) is 4.90 Å². The van der Waals surface area contributed by atoms with Crippen LogP contribution in [0, 0.1) is 0 Å². The number of nitrogens with one attached hydrogen (secondary N) is 2. The first kappa shape index (κ1) is 24.5. The number of aryl methyl sites for hydroxylation is 1. The number of imide groups is 1. The highest BCUT2D eigenvalue weighted by Crippen LogP contribution is 2.32. The van der Waals surface area contributed by atoms with Crippen molar-refractivity contribution in [2.24, 2.45) is 7.05 Å². The smallest absolute Gasteiger partial charge is 0.255 e. The largest absolute Gasteiger partial charge is 0.346 e. The van der Waals surface area contributed by atoms with E-state index in [0.29, 0.717) is 18.5 Å². The number of piperidine rings is 1. The molecule has 6 heterocycles. The number of fused-ring (bicyclic) bond motifs is 2. The molecule has 2 N–H and O–H groups in total. The Bertz CT molecular complexity index is 1650. The van der Waals surface area contributed by atoms with Crippen LogP contribution in [0.1, 0.15) is 34.3 Å². The van der Waals surface area contributed by atoms with Gasteiger partial charge in [-0.3, -0.25) is 24.6 Å². The minimum Gasteiger partial charge on any atom is -0.346 e. The molecule has 40 heavy (non-hydrogen) atoms. The second kappa shape index (κ2) is 9.60. The molecule has 2 saturated heterocycles. The number of piperazine rings is 1. The number of aromatic amines is 1. The number of hydrogen-bond donors (Lipinski definition) is 2. The molecular formula is C29H30N8O3. The molecule has 0 spiro atoms. The molecule has 4 aromatic rings. The van der Waals surface area contributed by atoms with E-state index in [2.05, 4.69) is 41.8 Å². The van der Waals surface area contributed by atoms with Gasteiger partial charge >= 0.3 is 0 Å². The van der Waals surface area contributed by atoms with Gasteiger partial charge in [-0.15, -0.1) is 0 Å². The molecule has 3 aliphatic heterocycles. The van der Waals surface area contributed by atoms with Crippen LogP contribution in [0.4, 0.5) is 5.95 Å². The molecule has 1 aromatic carbocycles. The molecule has 204 valence electrons. The number of rotatable bonds is 5. The predicted octanol–water partition coefficient (Wildman–Crippen LogP) is 2.05. The highest BCUT2D eigenvalue weighted by atomic mass is 16.2. The standard InChI is InChI=1S/C29H30N8O3/c1-34-9-8-31-29(34)36-12-10-35(11-13-36)16-20-15-23(32-26-21(20)6-7-30-26)18-2-3-22-19(14-18)17-37(28(22)40)24-4-5-25(38)33-27(24)39/h2-3,6-9,14-15,24H,4-5,10-13,16-17H2,1H3,(H,30,32)(H,33,38,39). The summed E-state index contributed by atoms with van der Waals surface area (Å²) in [4.78, 5) is 56.2. The van der Waals surface area contributed by atoms with Gasteiger partial charge in [0.15, 0.2) is 0 Å². The number of hydrogen-bond acceptors (Lipinski definition) is 7. The van der Waals surface area contributed by atoms with Gasteiger partial charge in [0.05, 0.1) is 5.69 Å². The lowest BCUT2D eigenvalue weighted by Crippen LogP contribution is -2.52. The fourth-order valence-corrected chi connectivity index (χ4v) is 6.13. The molecule has 2 fully saturated rings. The summed E-state index contributed by atoms with van der Waals surface area (Å²) in [5.41, 5.74) is 5.27. The Balaban J connectivity index is 1.12. The van der Waals surface area contributed by atoms with E-state index in [9.17, 15) is 14.4 Å². The maximum Gasteiger partial charge on any atom is 0.255 e. The zero-order valence-corrected chi connectivity index (χ0v) is 22.3. The third kappa shape index (κ3) is 4.22. The molecule has 1 unspecified atom stereocenters. The first-order chi connectivity index (χ1) is 19.4. The van der Waals surface area contributed by atoms with Crippen molar-refractivity contribution in [1.29, 1.82) is 0 Å². The van der Waals surface area contributed by atoms with Crippen LogP contribution in [-0.2, 0) is 29.7 Å². The minimum absolute atomic E-state index is 0.172. The average molecular weight is 539 g/mol. The fraction of sp³-hybridized carbons (Fsp3) is 0.345. The van der Waals surface area contributed by atoms with Crippen molar-refractivity contribution in [3.8, 4) is 11.3 Å². The molecule has 7 rings (SSSR count). The molecule has 3 aromatic heterocycles. The summed E-state index contributed by atoms with van der Waals surface area (Å²) >= 11 is 0. The molecule has 0 radical (unpaired) electrons. The van der Waals surface area contributed by atoms with Crippen LogP contribution in [0.25, 0.3) is 22.3 Å². The zero-order chi connectivity index (χ0) is 27.4. The number of H-pyrrole nitrogens is 1. The summed E-state index contributed by atoms with van der Waals surface area (Å²) in [5, 5.41) is 3.47. The quantitative estimate of drug-likeness (QED) is 0.373. The Kier molecular flexibility index (Phi) is 5.88. The molecule has 0 aliphatic carbocycles. The molecule has 11 heteroatoms. The van der Waals surface area contributed by atoms with Crippen molar-refractivity contribution in [1.82, 2.24) is 34.6 Å². The summed E-state index contributed by atoms with van der Waals surface area (Å²) < 4.78 is 2.06. The van der Waals surface area contributed by atoms with Gasteiger partial charge in [0, 0.05) is 87.8 Å². The summed E-state index contributed by atoms with van der Waals surface area (Å²) in [5.74, 6) is 0.144. The number of amides is 3. The topological polar surface area (TPSA) is 119 Å². The first-order valence-corrected chi connectivity index (χ1v) is 13.6. The second-order valence-electron chi connectivity index (χ2n) is 10.8. The van der Waals surface area contributed by atoms with Crippen LogP contribution in [0.3, 0.4) is 0 Å². The van der Waals surface area contributed by atoms with Crippen LogP contribution >= 0.6 is 0 Å². The summed E-state index contributed by atoms with van der Waals surface area (Å²) in [6.07, 6.45) is 6.32. The van der Waals surface area contributed by atoms with Gasteiger partial charge in [-0.1, -0.05) is 6.07 Å². The number of anilines is 1. The van der Waals surface area contributed by atoms with Gasteiger partial charge in [-0.2, -0.15) is 0 Å². The van der Waals surface area contributed by atoms with Gasteiger partial charge < -0.3 is 19.4 Å². The number of carbonyl (C=O) groups is 3. The lowest BCUT2D eigenvalue weighted by molar-refractivity contribution is -0.136. The van der Waals surface area contributed by atoms with E-state index in [0.717, 1.165) is 66.5 Å². The Morgan fingerprint density at radius 3 is 2.67 bits per heavy atom. The molecule has 0 bridgehead atoms. The van der Waals surface area contributed by atoms with Crippen molar-refractivity contribution in [3.63, 3.8) is 0 Å². The molecule has 3 amide bonds. The van der Waals surface area contributed by atoms with Gasteiger partial charge in [0.1, 0.15) is 11.7 Å². The number of aromatic nitrogens is 4. The highest BCUT2D eigenvalue weighted by molar-refractivity contribution is 6.05. The van der Waals surface area contributed by atoms with Gasteiger partial charge in [0.2, 0.25) is 17.8 Å². The molecule has 3 aliphatic rings. The Morgan fingerprint density at radius 2 is 1.90 bits per heavy atom. The Labute approximate surface area is 230 Å². The number of pyridine rings is 1. The van der Waals surface area contributed by atoms with Crippen molar-refractivity contribution in [3.05, 3.63) is 65.6 Å². The molecule has 11 nitrogen and oxygen atoms in total. The number of nitrogens with zero attached hydrogens (tertiary/aromatic N) is 6.